The summed E-state index contributed by atoms with van der Waals surface area (Å²) in [5, 5.41) is 5.52. The summed E-state index contributed by atoms with van der Waals surface area (Å²) in [6, 6.07) is 22.9. The van der Waals surface area contributed by atoms with Crippen LogP contribution in [-0.4, -0.2) is 25.5 Å². The van der Waals surface area contributed by atoms with Crippen molar-refractivity contribution in [3.05, 3.63) is 95.7 Å². The minimum absolute atomic E-state index is 0.119. The molecule has 3 rings (SSSR count). The zero-order valence-corrected chi connectivity index (χ0v) is 17.4. The molecule has 0 spiro atoms. The van der Waals surface area contributed by atoms with Gasteiger partial charge in [-0.2, -0.15) is 0 Å². The fraction of sp³-hybridized carbons (Fsp3) is 0.120. The van der Waals surface area contributed by atoms with Crippen LogP contribution < -0.4 is 20.1 Å². The lowest BCUT2D eigenvalue weighted by molar-refractivity contribution is -0.113. The summed E-state index contributed by atoms with van der Waals surface area (Å²) < 4.78 is 10.6. The van der Waals surface area contributed by atoms with E-state index >= 15 is 0 Å². The Labute approximate surface area is 181 Å². The van der Waals surface area contributed by atoms with Crippen molar-refractivity contribution in [3.63, 3.8) is 0 Å². The maximum absolute atomic E-state index is 13.0. The van der Waals surface area contributed by atoms with Gasteiger partial charge >= 0.3 is 0 Å². The van der Waals surface area contributed by atoms with Crippen LogP contribution in [0.2, 0.25) is 0 Å². The Bertz CT molecular complexity index is 1040. The second-order valence-corrected chi connectivity index (χ2v) is 6.56. The fourth-order valence-corrected chi connectivity index (χ4v) is 2.81. The van der Waals surface area contributed by atoms with Crippen LogP contribution in [0.5, 0.6) is 11.5 Å². The highest BCUT2D eigenvalue weighted by atomic mass is 16.5. The normalized spacial score (nSPS) is 10.8. The third-order valence-electron chi connectivity index (χ3n) is 4.38. The zero-order valence-electron chi connectivity index (χ0n) is 17.4. The molecule has 0 aliphatic carbocycles. The quantitative estimate of drug-likeness (QED) is 0.530. The first kappa shape index (κ1) is 21.6. The standard InChI is InChI=1S/C25H24N2O4/c1-3-31-22-13-9-18(10-14-22)17-23(27-24(28)19-7-5-4-6-8-19)25(29)26-20-11-15-21(30-2)16-12-20/h4-17H,3H2,1-2H3,(H,26,29)(H,27,28)/b23-17-. The summed E-state index contributed by atoms with van der Waals surface area (Å²) in [6.45, 7) is 2.48. The predicted octanol–water partition coefficient (Wildman–Crippen LogP) is 4.50. The predicted molar refractivity (Wildman–Crippen MR) is 121 cm³/mol. The zero-order chi connectivity index (χ0) is 22.1. The fourth-order valence-electron chi connectivity index (χ4n) is 2.81. The Balaban J connectivity index is 1.84. The summed E-state index contributed by atoms with van der Waals surface area (Å²) >= 11 is 0. The lowest BCUT2D eigenvalue weighted by atomic mass is 10.1. The number of ether oxygens (including phenoxy) is 2. The number of methoxy groups -OCH3 is 1. The third kappa shape index (κ3) is 6.21. The lowest BCUT2D eigenvalue weighted by Gasteiger charge is -2.12. The van der Waals surface area contributed by atoms with Crippen molar-refractivity contribution in [2.75, 3.05) is 19.0 Å². The molecule has 2 N–H and O–H groups in total. The number of anilines is 1. The molecule has 0 unspecified atom stereocenters. The highest BCUT2D eigenvalue weighted by molar-refractivity contribution is 6.10. The first-order valence-electron chi connectivity index (χ1n) is 9.85. The van der Waals surface area contributed by atoms with Crippen LogP contribution in [0, 0.1) is 0 Å². The van der Waals surface area contributed by atoms with Crippen molar-refractivity contribution in [2.24, 2.45) is 0 Å². The van der Waals surface area contributed by atoms with E-state index in [9.17, 15) is 9.59 Å². The lowest BCUT2D eigenvalue weighted by Crippen LogP contribution is -2.30. The first-order valence-corrected chi connectivity index (χ1v) is 9.85. The largest absolute Gasteiger partial charge is 0.497 e. The van der Waals surface area contributed by atoms with Crippen molar-refractivity contribution < 1.29 is 19.1 Å². The molecular formula is C25H24N2O4. The van der Waals surface area contributed by atoms with Crippen LogP contribution in [-0.2, 0) is 4.79 Å². The topological polar surface area (TPSA) is 76.7 Å². The molecule has 6 heteroatoms. The summed E-state index contributed by atoms with van der Waals surface area (Å²) in [5.74, 6) is 0.601. The van der Waals surface area contributed by atoms with Gasteiger partial charge in [-0.05, 0) is 67.1 Å². The molecule has 0 aliphatic heterocycles. The first-order chi connectivity index (χ1) is 15.1. The number of benzene rings is 3. The van der Waals surface area contributed by atoms with Crippen molar-refractivity contribution in [2.45, 2.75) is 6.92 Å². The van der Waals surface area contributed by atoms with Gasteiger partial charge in [0.1, 0.15) is 17.2 Å². The van der Waals surface area contributed by atoms with Crippen molar-refractivity contribution in [3.8, 4) is 11.5 Å². The van der Waals surface area contributed by atoms with Crippen LogP contribution in [0.1, 0.15) is 22.8 Å². The summed E-state index contributed by atoms with van der Waals surface area (Å²) in [5.41, 5.74) is 1.90. The van der Waals surface area contributed by atoms with Crippen molar-refractivity contribution >= 4 is 23.6 Å². The second-order valence-electron chi connectivity index (χ2n) is 6.56. The van der Waals surface area contributed by atoms with Crippen LogP contribution in [0.3, 0.4) is 0 Å². The van der Waals surface area contributed by atoms with Crippen LogP contribution >= 0.6 is 0 Å². The smallest absolute Gasteiger partial charge is 0.272 e. The molecule has 0 radical (unpaired) electrons. The Hall–Kier alpha value is -4.06. The maximum atomic E-state index is 13.0. The molecule has 0 bridgehead atoms. The van der Waals surface area contributed by atoms with E-state index in [0.29, 0.717) is 23.6 Å². The molecule has 6 nitrogen and oxygen atoms in total. The van der Waals surface area contributed by atoms with E-state index < -0.39 is 5.91 Å². The van der Waals surface area contributed by atoms with Gasteiger partial charge in [-0.25, -0.2) is 0 Å². The SMILES string of the molecule is CCOc1ccc(/C=C(\NC(=O)c2ccccc2)C(=O)Nc2ccc(OC)cc2)cc1. The average Bonchev–Trinajstić information content (AvgIpc) is 2.81. The summed E-state index contributed by atoms with van der Waals surface area (Å²) in [6.07, 6.45) is 1.62. The Kier molecular flexibility index (Phi) is 7.43. The Morgan fingerprint density at radius 1 is 0.871 bits per heavy atom. The van der Waals surface area contributed by atoms with Gasteiger partial charge < -0.3 is 20.1 Å². The van der Waals surface area contributed by atoms with Crippen LogP contribution in [0.4, 0.5) is 5.69 Å². The van der Waals surface area contributed by atoms with Gasteiger partial charge in [-0.1, -0.05) is 30.3 Å². The summed E-state index contributed by atoms with van der Waals surface area (Å²) in [7, 11) is 1.57. The monoisotopic (exact) mass is 416 g/mol. The number of carbonyl (C=O) groups is 2. The molecule has 3 aromatic rings. The molecule has 0 saturated heterocycles. The number of carbonyl (C=O) groups excluding carboxylic acids is 2. The van der Waals surface area contributed by atoms with E-state index in [0.717, 1.165) is 11.3 Å². The van der Waals surface area contributed by atoms with E-state index in [-0.39, 0.29) is 11.6 Å². The minimum atomic E-state index is -0.441. The number of hydrogen-bond acceptors (Lipinski definition) is 4. The van der Waals surface area contributed by atoms with Crippen LogP contribution in [0.25, 0.3) is 6.08 Å². The molecule has 158 valence electrons. The third-order valence-corrected chi connectivity index (χ3v) is 4.38. The molecule has 0 saturated carbocycles. The van der Waals surface area contributed by atoms with Gasteiger partial charge in [-0.3, -0.25) is 9.59 Å². The highest BCUT2D eigenvalue weighted by Crippen LogP contribution is 2.17. The minimum Gasteiger partial charge on any atom is -0.497 e. The second kappa shape index (κ2) is 10.6. The van der Waals surface area contributed by atoms with Crippen molar-refractivity contribution in [1.29, 1.82) is 0 Å². The number of rotatable bonds is 8. The van der Waals surface area contributed by atoms with E-state index in [1.807, 2.05) is 37.3 Å². The number of amides is 2. The van der Waals surface area contributed by atoms with Crippen molar-refractivity contribution in [1.82, 2.24) is 5.32 Å². The highest BCUT2D eigenvalue weighted by Gasteiger charge is 2.15. The molecule has 0 aliphatic rings. The Morgan fingerprint density at radius 2 is 1.52 bits per heavy atom. The van der Waals surface area contributed by atoms with E-state index in [1.165, 1.54) is 0 Å². The molecule has 3 aromatic carbocycles. The van der Waals surface area contributed by atoms with Crippen LogP contribution in [0.15, 0.2) is 84.6 Å². The average molecular weight is 416 g/mol. The molecule has 31 heavy (non-hydrogen) atoms. The van der Waals surface area contributed by atoms with Gasteiger partial charge in [0.25, 0.3) is 11.8 Å². The van der Waals surface area contributed by atoms with Gasteiger partial charge in [0.15, 0.2) is 0 Å². The number of hydrogen-bond donors (Lipinski definition) is 2. The Morgan fingerprint density at radius 3 is 2.13 bits per heavy atom. The van der Waals surface area contributed by atoms with E-state index in [1.54, 1.807) is 61.7 Å². The maximum Gasteiger partial charge on any atom is 0.272 e. The molecule has 0 heterocycles. The van der Waals surface area contributed by atoms with Gasteiger partial charge in [0, 0.05) is 11.3 Å². The van der Waals surface area contributed by atoms with E-state index in [2.05, 4.69) is 10.6 Å². The molecule has 0 atom stereocenters. The molecule has 0 fully saturated rings. The molecule has 0 aromatic heterocycles. The molecule has 2 amide bonds. The molecular weight excluding hydrogens is 392 g/mol. The van der Waals surface area contributed by atoms with Gasteiger partial charge in [-0.15, -0.1) is 0 Å². The summed E-state index contributed by atoms with van der Waals surface area (Å²) in [4.78, 5) is 25.6. The van der Waals surface area contributed by atoms with E-state index in [4.69, 9.17) is 9.47 Å². The van der Waals surface area contributed by atoms with Gasteiger partial charge in [0.2, 0.25) is 0 Å². The van der Waals surface area contributed by atoms with Gasteiger partial charge in [0.05, 0.1) is 13.7 Å². The number of nitrogens with one attached hydrogen (secondary N) is 2.